The molecule has 0 N–H and O–H groups in total. The molecule has 0 aromatic carbocycles. The molecule has 0 rings (SSSR count). The molecule has 81 heavy (non-hydrogen) atoms. The van der Waals surface area contributed by atoms with Gasteiger partial charge in [0, 0.05) is 19.3 Å². The second-order valence-electron chi connectivity index (χ2n) is 23.4. The van der Waals surface area contributed by atoms with E-state index in [1.54, 1.807) is 0 Å². The second kappa shape index (κ2) is 69.1. The Morgan fingerprint density at radius 2 is 0.444 bits per heavy atom. The van der Waals surface area contributed by atoms with Gasteiger partial charge in [0.15, 0.2) is 6.10 Å². The van der Waals surface area contributed by atoms with Crippen LogP contribution < -0.4 is 0 Å². The van der Waals surface area contributed by atoms with Gasteiger partial charge in [-0.1, -0.05) is 298 Å². The number of carbonyl (C=O) groups excluding carboxylic acids is 3. The number of esters is 3. The van der Waals surface area contributed by atoms with E-state index in [2.05, 4.69) is 106 Å². The summed E-state index contributed by atoms with van der Waals surface area (Å²) in [7, 11) is 0. The van der Waals surface area contributed by atoms with E-state index in [0.717, 1.165) is 103 Å². The Hall–Kier alpha value is -3.41. The number of hydrogen-bond donors (Lipinski definition) is 0. The molecule has 0 bridgehead atoms. The first-order valence-corrected chi connectivity index (χ1v) is 35.1. The summed E-state index contributed by atoms with van der Waals surface area (Å²) in [5.74, 6) is -0.895. The van der Waals surface area contributed by atoms with Crippen molar-refractivity contribution in [3.63, 3.8) is 0 Å². The summed E-state index contributed by atoms with van der Waals surface area (Å²) in [6, 6.07) is 0. The maximum atomic E-state index is 13.0. The molecular weight excluding hydrogens is 997 g/mol. The van der Waals surface area contributed by atoms with Crippen LogP contribution in [0.5, 0.6) is 0 Å². The maximum absolute atomic E-state index is 13.0. The number of carbonyl (C=O) groups is 3. The first kappa shape index (κ1) is 77.6. The van der Waals surface area contributed by atoms with Crippen molar-refractivity contribution in [3.05, 3.63) is 85.1 Å². The third kappa shape index (κ3) is 67.3. The lowest BCUT2D eigenvalue weighted by Gasteiger charge is -2.18. The van der Waals surface area contributed by atoms with Gasteiger partial charge in [0.1, 0.15) is 13.2 Å². The molecule has 0 saturated carbocycles. The van der Waals surface area contributed by atoms with Crippen molar-refractivity contribution in [2.24, 2.45) is 0 Å². The Bertz CT molecular complexity index is 1530. The molecule has 0 aromatic heterocycles. The molecule has 1 unspecified atom stereocenters. The van der Waals surface area contributed by atoms with Crippen LogP contribution in [-0.4, -0.2) is 37.2 Å². The van der Waals surface area contributed by atoms with Crippen molar-refractivity contribution < 1.29 is 28.6 Å². The van der Waals surface area contributed by atoms with Crippen LogP contribution in [0, 0.1) is 0 Å². The van der Waals surface area contributed by atoms with Crippen LogP contribution in [0.15, 0.2) is 85.1 Å². The van der Waals surface area contributed by atoms with Gasteiger partial charge in [-0.3, -0.25) is 14.4 Å². The summed E-state index contributed by atoms with van der Waals surface area (Å²) in [5.41, 5.74) is 0. The summed E-state index contributed by atoms with van der Waals surface area (Å²) in [4.78, 5) is 38.5. The maximum Gasteiger partial charge on any atom is 0.306 e. The van der Waals surface area contributed by atoms with Crippen LogP contribution in [0.25, 0.3) is 0 Å². The second-order valence-corrected chi connectivity index (χ2v) is 23.4. The molecule has 6 heteroatoms. The fourth-order valence-corrected chi connectivity index (χ4v) is 10.0. The van der Waals surface area contributed by atoms with Crippen molar-refractivity contribution in [1.29, 1.82) is 0 Å². The predicted octanol–water partition coefficient (Wildman–Crippen LogP) is 24.2. The average Bonchev–Trinajstić information content (AvgIpc) is 3.47. The van der Waals surface area contributed by atoms with Gasteiger partial charge in [0.2, 0.25) is 0 Å². The molecule has 468 valence electrons. The first-order chi connectivity index (χ1) is 40.0. The van der Waals surface area contributed by atoms with Crippen LogP contribution in [0.1, 0.15) is 355 Å². The minimum absolute atomic E-state index is 0.0853. The van der Waals surface area contributed by atoms with Gasteiger partial charge >= 0.3 is 17.9 Å². The molecule has 0 aliphatic rings. The molecule has 0 radical (unpaired) electrons. The zero-order valence-corrected chi connectivity index (χ0v) is 53.8. The summed E-state index contributed by atoms with van der Waals surface area (Å²) in [6.07, 6.45) is 91.6. The van der Waals surface area contributed by atoms with E-state index < -0.39 is 6.10 Å². The largest absolute Gasteiger partial charge is 0.462 e. The molecular formula is C75H132O6. The first-order valence-electron chi connectivity index (χ1n) is 35.1. The molecule has 0 spiro atoms. The third-order valence-electron chi connectivity index (χ3n) is 15.3. The lowest BCUT2D eigenvalue weighted by atomic mass is 10.0. The monoisotopic (exact) mass is 1130 g/mol. The van der Waals surface area contributed by atoms with E-state index in [9.17, 15) is 14.4 Å². The smallest absolute Gasteiger partial charge is 0.306 e. The molecule has 0 amide bonds. The molecule has 0 aliphatic carbocycles. The molecule has 0 fully saturated rings. The van der Waals surface area contributed by atoms with Crippen molar-refractivity contribution in [1.82, 2.24) is 0 Å². The number of rotatable bonds is 64. The van der Waals surface area contributed by atoms with E-state index in [1.165, 1.54) is 212 Å². The topological polar surface area (TPSA) is 78.9 Å². The lowest BCUT2D eigenvalue weighted by Crippen LogP contribution is -2.30. The molecule has 6 nitrogen and oxygen atoms in total. The Balaban J connectivity index is 4.41. The van der Waals surface area contributed by atoms with E-state index in [1.807, 2.05) is 0 Å². The van der Waals surface area contributed by atoms with Crippen molar-refractivity contribution in [2.45, 2.75) is 361 Å². The highest BCUT2D eigenvalue weighted by Gasteiger charge is 2.19. The Labute approximate surface area is 503 Å². The minimum atomic E-state index is -0.792. The van der Waals surface area contributed by atoms with E-state index in [4.69, 9.17) is 14.2 Å². The van der Waals surface area contributed by atoms with Crippen molar-refractivity contribution >= 4 is 17.9 Å². The lowest BCUT2D eigenvalue weighted by molar-refractivity contribution is -0.167. The highest BCUT2D eigenvalue weighted by Crippen LogP contribution is 2.17. The van der Waals surface area contributed by atoms with Crippen LogP contribution >= 0.6 is 0 Å². The number of ether oxygens (including phenoxy) is 3. The zero-order chi connectivity index (χ0) is 58.5. The van der Waals surface area contributed by atoms with E-state index >= 15 is 0 Å². The van der Waals surface area contributed by atoms with Gasteiger partial charge in [-0.2, -0.15) is 0 Å². The SMILES string of the molecule is CCCCC/C=C\C/C=C\C/C=C\CCCCCCCCC(=O)OCC(COC(=O)CCCCCCCCCCCCC/C=C\CCCCCCCCCC)OC(=O)CCCCCCCC/C=C\C/C=C\C/C=C\CCCCCCC. The van der Waals surface area contributed by atoms with Gasteiger partial charge in [0.25, 0.3) is 0 Å². The number of allylic oxidation sites excluding steroid dienone is 14. The third-order valence-corrected chi connectivity index (χ3v) is 15.3. The van der Waals surface area contributed by atoms with E-state index in [-0.39, 0.29) is 31.1 Å². The molecule has 0 heterocycles. The van der Waals surface area contributed by atoms with Gasteiger partial charge in [0.05, 0.1) is 0 Å². The van der Waals surface area contributed by atoms with Crippen molar-refractivity contribution in [3.8, 4) is 0 Å². The summed E-state index contributed by atoms with van der Waals surface area (Å²) in [6.45, 7) is 6.62. The summed E-state index contributed by atoms with van der Waals surface area (Å²) in [5, 5.41) is 0. The average molecular weight is 1130 g/mol. The predicted molar refractivity (Wildman–Crippen MR) is 353 cm³/mol. The number of hydrogen-bond acceptors (Lipinski definition) is 6. The summed E-state index contributed by atoms with van der Waals surface area (Å²) < 4.78 is 17.0. The highest BCUT2D eigenvalue weighted by molar-refractivity contribution is 5.71. The van der Waals surface area contributed by atoms with Crippen LogP contribution in [0.4, 0.5) is 0 Å². The Morgan fingerprint density at radius 1 is 0.247 bits per heavy atom. The normalized spacial score (nSPS) is 12.6. The molecule has 1 atom stereocenters. The van der Waals surface area contributed by atoms with Crippen LogP contribution in [0.3, 0.4) is 0 Å². The standard InChI is InChI=1S/C75H132O6/c1-4-7-10-13-16-19-22-25-28-31-34-36-37-39-41-44-47-50-53-56-59-62-65-68-74(77)80-71-72(70-79-73(76)67-64-61-58-55-52-49-46-43-40-33-30-27-24-21-18-15-12-9-6-3)81-75(78)69-66-63-60-57-54-51-48-45-42-38-35-32-29-26-23-20-17-14-11-8-5-2/h18,21,23,26-27,30-32,34-35,40,42-43,45,72H,4-17,19-20,22,24-25,28-29,33,36-39,41,44,46-71H2,1-3H3/b21-18-,26-23-,30-27-,34-31-,35-32-,43-40-,45-42-. The molecule has 0 saturated heterocycles. The fourth-order valence-electron chi connectivity index (χ4n) is 10.0. The van der Waals surface area contributed by atoms with Gasteiger partial charge < -0.3 is 14.2 Å². The van der Waals surface area contributed by atoms with Gasteiger partial charge in [-0.25, -0.2) is 0 Å². The quantitative estimate of drug-likeness (QED) is 0.0261. The number of unbranched alkanes of at least 4 members (excludes halogenated alkanes) is 39. The fraction of sp³-hybridized carbons (Fsp3) is 0.773. The van der Waals surface area contributed by atoms with Crippen molar-refractivity contribution in [2.75, 3.05) is 13.2 Å². The van der Waals surface area contributed by atoms with Gasteiger partial charge in [-0.15, -0.1) is 0 Å². The Kier molecular flexibility index (Phi) is 66.2. The molecule has 0 aromatic rings. The molecule has 0 aliphatic heterocycles. The van der Waals surface area contributed by atoms with Crippen LogP contribution in [0.2, 0.25) is 0 Å². The van der Waals surface area contributed by atoms with E-state index in [0.29, 0.717) is 19.3 Å². The summed E-state index contributed by atoms with van der Waals surface area (Å²) >= 11 is 0. The minimum Gasteiger partial charge on any atom is -0.462 e. The Morgan fingerprint density at radius 3 is 0.728 bits per heavy atom. The highest BCUT2D eigenvalue weighted by atomic mass is 16.6. The van der Waals surface area contributed by atoms with Crippen LogP contribution in [-0.2, 0) is 28.6 Å². The zero-order valence-electron chi connectivity index (χ0n) is 53.8. The van der Waals surface area contributed by atoms with Gasteiger partial charge in [-0.05, 0) is 122 Å².